The molecule has 0 aliphatic rings. The summed E-state index contributed by atoms with van der Waals surface area (Å²) in [7, 11) is 0. The summed E-state index contributed by atoms with van der Waals surface area (Å²) in [6.45, 7) is 5.50. The van der Waals surface area contributed by atoms with Gasteiger partial charge in [0, 0.05) is 17.3 Å². The van der Waals surface area contributed by atoms with Gasteiger partial charge in [-0.3, -0.25) is 0 Å². The number of nitrogens with one attached hydrogen (secondary N) is 1. The fourth-order valence-electron chi connectivity index (χ4n) is 2.84. The zero-order chi connectivity index (χ0) is 20.8. The third-order valence-electron chi connectivity index (χ3n) is 4.35. The zero-order valence-corrected chi connectivity index (χ0v) is 19.2. The van der Waals surface area contributed by atoms with Crippen LogP contribution in [0.4, 0.5) is 10.1 Å². The lowest BCUT2D eigenvalue weighted by Gasteiger charge is -2.17. The van der Waals surface area contributed by atoms with Gasteiger partial charge in [0.05, 0.1) is 10.2 Å². The van der Waals surface area contributed by atoms with Crippen LogP contribution in [0.25, 0.3) is 0 Å². The fraction of sp³-hybridized carbons (Fsp3) is 0.217. The Bertz CT molecular complexity index is 979. The van der Waals surface area contributed by atoms with Crippen molar-refractivity contribution >= 4 is 39.9 Å². The highest BCUT2D eigenvalue weighted by molar-refractivity contribution is 14.1. The lowest BCUT2D eigenvalue weighted by Crippen LogP contribution is -2.05. The largest absolute Gasteiger partial charge is 0.490 e. The second-order valence-electron chi connectivity index (χ2n) is 6.57. The van der Waals surface area contributed by atoms with Gasteiger partial charge in [-0.2, -0.15) is 0 Å². The van der Waals surface area contributed by atoms with Crippen molar-refractivity contribution in [3.63, 3.8) is 0 Å². The Morgan fingerprint density at radius 3 is 2.48 bits per heavy atom. The first-order valence-corrected chi connectivity index (χ1v) is 10.7. The Morgan fingerprint density at radius 1 is 1.00 bits per heavy atom. The molecule has 0 heterocycles. The number of hydrogen-bond acceptors (Lipinski definition) is 3. The molecule has 3 aromatic rings. The Morgan fingerprint density at radius 2 is 1.76 bits per heavy atom. The third-order valence-corrected chi connectivity index (χ3v) is 5.38. The van der Waals surface area contributed by atoms with Crippen molar-refractivity contribution in [2.24, 2.45) is 0 Å². The molecule has 0 fully saturated rings. The van der Waals surface area contributed by atoms with E-state index in [1.54, 1.807) is 12.1 Å². The molecule has 3 aromatic carbocycles. The Kier molecular flexibility index (Phi) is 7.61. The molecule has 0 saturated heterocycles. The first-order valence-electron chi connectivity index (χ1n) is 9.28. The molecule has 0 unspecified atom stereocenters. The van der Waals surface area contributed by atoms with Gasteiger partial charge in [0.2, 0.25) is 0 Å². The minimum Gasteiger partial charge on any atom is -0.490 e. The Labute approximate surface area is 189 Å². The van der Waals surface area contributed by atoms with Gasteiger partial charge in [0.25, 0.3) is 0 Å². The van der Waals surface area contributed by atoms with E-state index in [4.69, 9.17) is 21.1 Å². The minimum absolute atomic E-state index is 0.259. The topological polar surface area (TPSA) is 30.5 Å². The summed E-state index contributed by atoms with van der Waals surface area (Å²) in [6, 6.07) is 16.1. The SMILES string of the molecule is CCOc1cc(CNc2cc(Cl)ccc2C)cc(I)c1OCc1ccc(F)cc1. The minimum atomic E-state index is -0.259. The molecule has 1 N–H and O–H groups in total. The maximum absolute atomic E-state index is 13.1. The molecular formula is C23H22ClFINO2. The third kappa shape index (κ3) is 6.00. The number of anilines is 1. The van der Waals surface area contributed by atoms with E-state index < -0.39 is 0 Å². The van der Waals surface area contributed by atoms with Crippen LogP contribution in [0, 0.1) is 16.3 Å². The number of ether oxygens (including phenoxy) is 2. The van der Waals surface area contributed by atoms with Gasteiger partial charge in [-0.05, 0) is 89.5 Å². The number of benzene rings is 3. The number of halogens is 3. The molecule has 3 nitrogen and oxygen atoms in total. The van der Waals surface area contributed by atoms with E-state index in [9.17, 15) is 4.39 Å². The second-order valence-corrected chi connectivity index (χ2v) is 8.16. The molecular weight excluding hydrogens is 504 g/mol. The van der Waals surface area contributed by atoms with Gasteiger partial charge in [0.1, 0.15) is 12.4 Å². The van der Waals surface area contributed by atoms with Crippen LogP contribution in [0.5, 0.6) is 11.5 Å². The number of aryl methyl sites for hydroxylation is 1. The summed E-state index contributed by atoms with van der Waals surface area (Å²) in [5.41, 5.74) is 4.11. The first kappa shape index (κ1) is 21.7. The van der Waals surface area contributed by atoms with Gasteiger partial charge in [-0.1, -0.05) is 29.8 Å². The molecule has 6 heteroatoms. The molecule has 0 atom stereocenters. The van der Waals surface area contributed by atoms with Crippen molar-refractivity contribution in [1.29, 1.82) is 0 Å². The normalized spacial score (nSPS) is 10.7. The summed E-state index contributed by atoms with van der Waals surface area (Å²) >= 11 is 8.36. The monoisotopic (exact) mass is 525 g/mol. The van der Waals surface area contributed by atoms with Crippen molar-refractivity contribution in [2.75, 3.05) is 11.9 Å². The molecule has 152 valence electrons. The molecule has 0 aromatic heterocycles. The molecule has 0 aliphatic carbocycles. The molecule has 0 spiro atoms. The van der Waals surface area contributed by atoms with Gasteiger partial charge >= 0.3 is 0 Å². The van der Waals surface area contributed by atoms with Gasteiger partial charge in [-0.25, -0.2) is 4.39 Å². The van der Waals surface area contributed by atoms with E-state index >= 15 is 0 Å². The van der Waals surface area contributed by atoms with Crippen LogP contribution in [0.2, 0.25) is 5.02 Å². The lowest BCUT2D eigenvalue weighted by atomic mass is 10.1. The maximum atomic E-state index is 13.1. The van der Waals surface area contributed by atoms with E-state index in [1.165, 1.54) is 12.1 Å². The van der Waals surface area contributed by atoms with Crippen LogP contribution < -0.4 is 14.8 Å². The predicted molar refractivity (Wildman–Crippen MR) is 125 cm³/mol. The van der Waals surface area contributed by atoms with Gasteiger partial charge in [0.15, 0.2) is 11.5 Å². The summed E-state index contributed by atoms with van der Waals surface area (Å²) in [6.07, 6.45) is 0. The summed E-state index contributed by atoms with van der Waals surface area (Å²) in [5, 5.41) is 4.13. The highest BCUT2D eigenvalue weighted by Gasteiger charge is 2.13. The zero-order valence-electron chi connectivity index (χ0n) is 16.3. The molecule has 0 aliphatic heterocycles. The summed E-state index contributed by atoms with van der Waals surface area (Å²) < 4.78 is 25.9. The fourth-order valence-corrected chi connectivity index (χ4v) is 3.84. The average molecular weight is 526 g/mol. The number of rotatable bonds is 8. The Balaban J connectivity index is 1.76. The van der Waals surface area contributed by atoms with E-state index in [-0.39, 0.29) is 5.82 Å². The van der Waals surface area contributed by atoms with Crippen molar-refractivity contribution in [3.8, 4) is 11.5 Å². The van der Waals surface area contributed by atoms with Crippen LogP contribution in [0.15, 0.2) is 54.6 Å². The number of hydrogen-bond donors (Lipinski definition) is 1. The highest BCUT2D eigenvalue weighted by atomic mass is 127. The van der Waals surface area contributed by atoms with Crippen LogP contribution in [0.1, 0.15) is 23.6 Å². The Hall–Kier alpha value is -1.99. The second kappa shape index (κ2) is 10.2. The van der Waals surface area contributed by atoms with E-state index in [2.05, 4.69) is 34.0 Å². The average Bonchev–Trinajstić information content (AvgIpc) is 2.69. The van der Waals surface area contributed by atoms with Gasteiger partial charge in [-0.15, -0.1) is 0 Å². The van der Waals surface area contributed by atoms with E-state index in [1.807, 2.05) is 38.1 Å². The summed E-state index contributed by atoms with van der Waals surface area (Å²) in [5.74, 6) is 1.13. The van der Waals surface area contributed by atoms with Crippen LogP contribution >= 0.6 is 34.2 Å². The predicted octanol–water partition coefficient (Wildman–Crippen LogP) is 6.98. The molecule has 0 radical (unpaired) electrons. The smallest absolute Gasteiger partial charge is 0.174 e. The molecule has 29 heavy (non-hydrogen) atoms. The van der Waals surface area contributed by atoms with Crippen LogP contribution in [-0.4, -0.2) is 6.61 Å². The van der Waals surface area contributed by atoms with Crippen molar-refractivity contribution < 1.29 is 13.9 Å². The maximum Gasteiger partial charge on any atom is 0.174 e. The highest BCUT2D eigenvalue weighted by Crippen LogP contribution is 2.35. The van der Waals surface area contributed by atoms with Crippen molar-refractivity contribution in [3.05, 3.63) is 85.7 Å². The standard InChI is InChI=1S/C23H22ClFINO2/c1-3-28-22-11-17(13-27-21-12-18(24)7-4-15(21)2)10-20(26)23(22)29-14-16-5-8-19(25)9-6-16/h4-12,27H,3,13-14H2,1-2H3. The molecule has 0 bridgehead atoms. The van der Waals surface area contributed by atoms with E-state index in [0.29, 0.717) is 36.3 Å². The quantitative estimate of drug-likeness (QED) is 0.322. The summed E-state index contributed by atoms with van der Waals surface area (Å²) in [4.78, 5) is 0. The van der Waals surface area contributed by atoms with Crippen LogP contribution in [0.3, 0.4) is 0 Å². The van der Waals surface area contributed by atoms with E-state index in [0.717, 1.165) is 25.9 Å². The van der Waals surface area contributed by atoms with Gasteiger partial charge < -0.3 is 14.8 Å². The van der Waals surface area contributed by atoms with Crippen LogP contribution in [-0.2, 0) is 13.2 Å². The molecule has 0 amide bonds. The van der Waals surface area contributed by atoms with Crippen molar-refractivity contribution in [1.82, 2.24) is 0 Å². The molecule has 0 saturated carbocycles. The van der Waals surface area contributed by atoms with Crippen molar-refractivity contribution in [2.45, 2.75) is 27.0 Å². The molecule has 3 rings (SSSR count). The lowest BCUT2D eigenvalue weighted by molar-refractivity contribution is 0.267. The first-order chi connectivity index (χ1) is 14.0.